The summed E-state index contributed by atoms with van der Waals surface area (Å²) in [5, 5.41) is 10.3. The smallest absolute Gasteiger partial charge is 0.306 e. The molecule has 4 heteroatoms. The molecule has 0 aliphatic heterocycles. The molecule has 29 heavy (non-hydrogen) atoms. The number of carboxylic acids is 1. The third-order valence-corrected chi connectivity index (χ3v) is 5.25. The number of aliphatic carboxylic acids is 1. The Labute approximate surface area is 177 Å². The van der Waals surface area contributed by atoms with Gasteiger partial charge in [0, 0.05) is 12.4 Å². The van der Waals surface area contributed by atoms with Gasteiger partial charge in [-0.3, -0.25) is 4.79 Å². The van der Waals surface area contributed by atoms with Gasteiger partial charge in [0.05, 0.1) is 0 Å². The Balaban J connectivity index is 1.75. The molecule has 164 valence electrons. The monoisotopic (exact) mass is 403 g/mol. The van der Waals surface area contributed by atoms with Gasteiger partial charge in [0.2, 0.25) is 0 Å². The highest BCUT2D eigenvalue weighted by Gasteiger charge is 2.03. The lowest BCUT2D eigenvalue weighted by molar-refractivity contribution is -0.305. The number of rotatable bonds is 19. The molecule has 0 radical (unpaired) electrons. The lowest BCUT2D eigenvalue weighted by Gasteiger charge is -2.05. The maximum Gasteiger partial charge on any atom is 0.306 e. The fourth-order valence-electron chi connectivity index (χ4n) is 3.47. The van der Waals surface area contributed by atoms with E-state index in [2.05, 4.69) is 0 Å². The normalized spacial score (nSPS) is 10.8. The second-order valence-electron chi connectivity index (χ2n) is 7.97. The topological polar surface area (TPSA) is 66.4 Å². The van der Waals surface area contributed by atoms with Gasteiger partial charge >= 0.3 is 5.97 Å². The first kappa shape index (κ1) is 25.2. The highest BCUT2D eigenvalue weighted by Crippen LogP contribution is 2.14. The van der Waals surface area contributed by atoms with Crippen LogP contribution in [-0.2, 0) is 20.9 Å². The first-order valence-electron chi connectivity index (χ1n) is 11.6. The summed E-state index contributed by atoms with van der Waals surface area (Å²) in [6.45, 7) is 0.377. The molecule has 0 spiro atoms. The van der Waals surface area contributed by atoms with Crippen LogP contribution in [-0.4, -0.2) is 11.9 Å². The molecule has 0 saturated heterocycles. The summed E-state index contributed by atoms with van der Waals surface area (Å²) in [5.41, 5.74) is 1.04. The molecule has 0 aromatic heterocycles. The summed E-state index contributed by atoms with van der Waals surface area (Å²) < 4.78 is 5.29. The predicted molar refractivity (Wildman–Crippen MR) is 115 cm³/mol. The standard InChI is InChI=1S/C25H40O4/c26-24(27)20-16-11-9-7-5-3-1-2-4-6-8-10-12-17-21-25(28)29-22-23-18-14-13-15-19-23/h13-15,18-19H,1-12,16-17,20-22H2,(H,26,27)/p-1. The molecule has 0 bridgehead atoms. The molecule has 1 aromatic carbocycles. The van der Waals surface area contributed by atoms with E-state index in [0.29, 0.717) is 13.0 Å². The Bertz CT molecular complexity index is 527. The van der Waals surface area contributed by atoms with E-state index in [1.54, 1.807) is 0 Å². The Morgan fingerprint density at radius 1 is 0.621 bits per heavy atom. The molecular formula is C25H39O4-. The van der Waals surface area contributed by atoms with Crippen LogP contribution in [0.3, 0.4) is 0 Å². The van der Waals surface area contributed by atoms with Crippen LogP contribution in [0, 0.1) is 0 Å². The molecule has 0 aliphatic rings. The summed E-state index contributed by atoms with van der Waals surface area (Å²) in [5.74, 6) is -1.01. The summed E-state index contributed by atoms with van der Waals surface area (Å²) in [6.07, 6.45) is 17.2. The van der Waals surface area contributed by atoms with E-state index < -0.39 is 5.97 Å². The van der Waals surface area contributed by atoms with Crippen LogP contribution in [0.2, 0.25) is 0 Å². The van der Waals surface area contributed by atoms with Crippen LogP contribution in [0.25, 0.3) is 0 Å². The Morgan fingerprint density at radius 3 is 1.48 bits per heavy atom. The zero-order chi connectivity index (χ0) is 21.0. The first-order valence-corrected chi connectivity index (χ1v) is 11.6. The van der Waals surface area contributed by atoms with E-state index >= 15 is 0 Å². The Hall–Kier alpha value is -1.84. The van der Waals surface area contributed by atoms with Crippen LogP contribution in [0.4, 0.5) is 0 Å². The maximum absolute atomic E-state index is 11.7. The third kappa shape index (κ3) is 16.8. The molecular weight excluding hydrogens is 364 g/mol. The SMILES string of the molecule is O=C([O-])CCCCCCCCCCCCCCCCC(=O)OCc1ccccc1. The minimum absolute atomic E-state index is 0.0900. The second kappa shape index (κ2) is 18.2. The fourth-order valence-corrected chi connectivity index (χ4v) is 3.47. The molecule has 0 fully saturated rings. The third-order valence-electron chi connectivity index (χ3n) is 5.25. The zero-order valence-corrected chi connectivity index (χ0v) is 18.0. The van der Waals surface area contributed by atoms with Gasteiger partial charge in [0.25, 0.3) is 0 Å². The van der Waals surface area contributed by atoms with Crippen molar-refractivity contribution in [3.63, 3.8) is 0 Å². The van der Waals surface area contributed by atoms with Crippen molar-refractivity contribution >= 4 is 11.9 Å². The van der Waals surface area contributed by atoms with Crippen molar-refractivity contribution < 1.29 is 19.4 Å². The molecule has 1 aromatic rings. The fraction of sp³-hybridized carbons (Fsp3) is 0.680. The minimum atomic E-state index is -0.925. The number of benzene rings is 1. The van der Waals surface area contributed by atoms with E-state index in [1.165, 1.54) is 57.8 Å². The van der Waals surface area contributed by atoms with Crippen molar-refractivity contribution in [1.82, 2.24) is 0 Å². The highest BCUT2D eigenvalue weighted by molar-refractivity contribution is 5.69. The number of carbonyl (C=O) groups excluding carboxylic acids is 2. The van der Waals surface area contributed by atoms with Crippen molar-refractivity contribution in [1.29, 1.82) is 0 Å². The maximum atomic E-state index is 11.7. The van der Waals surface area contributed by atoms with Crippen molar-refractivity contribution in [3.05, 3.63) is 35.9 Å². The second-order valence-corrected chi connectivity index (χ2v) is 7.97. The number of esters is 1. The van der Waals surface area contributed by atoms with Gasteiger partial charge in [-0.2, -0.15) is 0 Å². The number of hydrogen-bond donors (Lipinski definition) is 0. The molecule has 0 amide bonds. The summed E-state index contributed by atoms with van der Waals surface area (Å²) in [6, 6.07) is 9.80. The van der Waals surface area contributed by atoms with Crippen LogP contribution in [0.1, 0.15) is 108 Å². The van der Waals surface area contributed by atoms with E-state index in [-0.39, 0.29) is 12.4 Å². The van der Waals surface area contributed by atoms with Crippen molar-refractivity contribution in [3.8, 4) is 0 Å². The van der Waals surface area contributed by atoms with Crippen LogP contribution >= 0.6 is 0 Å². The van der Waals surface area contributed by atoms with Crippen LogP contribution < -0.4 is 5.11 Å². The van der Waals surface area contributed by atoms with Crippen LogP contribution in [0.5, 0.6) is 0 Å². The van der Waals surface area contributed by atoms with Gasteiger partial charge in [-0.15, -0.1) is 0 Å². The zero-order valence-electron chi connectivity index (χ0n) is 18.0. The average molecular weight is 404 g/mol. The van der Waals surface area contributed by atoms with Gasteiger partial charge < -0.3 is 14.6 Å². The molecule has 0 aliphatic carbocycles. The average Bonchev–Trinajstić information content (AvgIpc) is 2.72. The number of carbonyl (C=O) groups is 2. The molecule has 4 nitrogen and oxygen atoms in total. The first-order chi connectivity index (χ1) is 14.2. The highest BCUT2D eigenvalue weighted by atomic mass is 16.5. The predicted octanol–water partition coefficient (Wildman–Crippen LogP) is 5.72. The molecule has 1 rings (SSSR count). The van der Waals surface area contributed by atoms with Gasteiger partial charge in [0.15, 0.2) is 0 Å². The summed E-state index contributed by atoms with van der Waals surface area (Å²) >= 11 is 0. The molecule has 0 saturated carbocycles. The van der Waals surface area contributed by atoms with Crippen molar-refractivity contribution in [2.24, 2.45) is 0 Å². The molecule has 0 unspecified atom stereocenters. The number of ether oxygens (including phenoxy) is 1. The van der Waals surface area contributed by atoms with Crippen molar-refractivity contribution in [2.45, 2.75) is 109 Å². The Kier molecular flexibility index (Phi) is 15.8. The Morgan fingerprint density at radius 2 is 1.03 bits per heavy atom. The van der Waals surface area contributed by atoms with Crippen molar-refractivity contribution in [2.75, 3.05) is 0 Å². The molecule has 0 atom stereocenters. The van der Waals surface area contributed by atoms with E-state index in [1.807, 2.05) is 30.3 Å². The number of carboxylic acid groups (broad SMARTS) is 1. The largest absolute Gasteiger partial charge is 0.550 e. The van der Waals surface area contributed by atoms with E-state index in [9.17, 15) is 14.7 Å². The quantitative estimate of drug-likeness (QED) is 0.219. The van der Waals surface area contributed by atoms with Crippen LogP contribution in [0.15, 0.2) is 30.3 Å². The summed E-state index contributed by atoms with van der Waals surface area (Å²) in [7, 11) is 0. The van der Waals surface area contributed by atoms with Gasteiger partial charge in [0.1, 0.15) is 6.61 Å². The minimum Gasteiger partial charge on any atom is -0.550 e. The van der Waals surface area contributed by atoms with E-state index in [4.69, 9.17) is 4.74 Å². The lowest BCUT2D eigenvalue weighted by atomic mass is 10.0. The van der Waals surface area contributed by atoms with Gasteiger partial charge in [-0.1, -0.05) is 107 Å². The van der Waals surface area contributed by atoms with Gasteiger partial charge in [-0.05, 0) is 24.8 Å². The van der Waals surface area contributed by atoms with E-state index in [0.717, 1.165) is 37.7 Å². The lowest BCUT2D eigenvalue weighted by Crippen LogP contribution is -2.21. The van der Waals surface area contributed by atoms with Gasteiger partial charge in [-0.25, -0.2) is 0 Å². The molecule has 0 heterocycles. The summed E-state index contributed by atoms with van der Waals surface area (Å²) in [4.78, 5) is 22.0. The number of unbranched alkanes of at least 4 members (excludes halogenated alkanes) is 13. The number of hydrogen-bond acceptors (Lipinski definition) is 4. The molecule has 0 N–H and O–H groups in total.